The van der Waals surface area contributed by atoms with Gasteiger partial charge in [-0.1, -0.05) is 36.4 Å². The summed E-state index contributed by atoms with van der Waals surface area (Å²) in [4.78, 5) is 38.8. The predicted octanol–water partition coefficient (Wildman–Crippen LogP) is 1.41. The van der Waals surface area contributed by atoms with Crippen LogP contribution >= 0.6 is 0 Å². The van der Waals surface area contributed by atoms with Gasteiger partial charge in [0.05, 0.1) is 13.2 Å². The Labute approximate surface area is 167 Å². The molecule has 4 amide bonds. The van der Waals surface area contributed by atoms with Crippen LogP contribution in [0.5, 0.6) is 11.5 Å². The molecule has 1 atom stereocenters. The van der Waals surface area contributed by atoms with E-state index >= 15 is 0 Å². The molecule has 8 heteroatoms. The molecule has 1 spiro atoms. The van der Waals surface area contributed by atoms with Crippen molar-refractivity contribution in [2.24, 2.45) is 0 Å². The van der Waals surface area contributed by atoms with Crippen LogP contribution in [-0.2, 0) is 15.1 Å². The van der Waals surface area contributed by atoms with Gasteiger partial charge in [0.25, 0.3) is 5.91 Å². The molecule has 4 rings (SSSR count). The Hall–Kier alpha value is -3.55. The first-order valence-electron chi connectivity index (χ1n) is 9.41. The van der Waals surface area contributed by atoms with Gasteiger partial charge < -0.3 is 20.1 Å². The number of rotatable bonds is 6. The number of benzene rings is 2. The van der Waals surface area contributed by atoms with Crippen LogP contribution in [0.1, 0.15) is 12.0 Å². The van der Waals surface area contributed by atoms with E-state index < -0.39 is 23.4 Å². The molecule has 0 bridgehead atoms. The molecule has 1 fully saturated rings. The van der Waals surface area contributed by atoms with Crippen LogP contribution in [0.4, 0.5) is 4.79 Å². The fourth-order valence-corrected chi connectivity index (χ4v) is 3.59. The SMILES string of the molecule is O=C(CN1C(=O)N[C@@]2(CCOc3ccccc32)C1=O)NCCOc1ccccc1. The second-order valence-corrected chi connectivity index (χ2v) is 6.83. The van der Waals surface area contributed by atoms with Crippen LogP contribution < -0.4 is 20.1 Å². The predicted molar refractivity (Wildman–Crippen MR) is 103 cm³/mol. The Morgan fingerprint density at radius 2 is 1.90 bits per heavy atom. The van der Waals surface area contributed by atoms with Crippen molar-refractivity contribution in [2.45, 2.75) is 12.0 Å². The normalized spacial score (nSPS) is 20.1. The molecule has 0 radical (unpaired) electrons. The highest BCUT2D eigenvalue weighted by Crippen LogP contribution is 2.40. The quantitative estimate of drug-likeness (QED) is 0.570. The zero-order valence-corrected chi connectivity index (χ0v) is 15.7. The molecule has 0 aliphatic carbocycles. The van der Waals surface area contributed by atoms with Crippen LogP contribution in [0, 0.1) is 0 Å². The van der Waals surface area contributed by atoms with Gasteiger partial charge in [-0.05, 0) is 18.2 Å². The van der Waals surface area contributed by atoms with Crippen molar-refractivity contribution in [3.05, 3.63) is 60.2 Å². The second-order valence-electron chi connectivity index (χ2n) is 6.83. The summed E-state index contributed by atoms with van der Waals surface area (Å²) >= 11 is 0. The molecule has 0 saturated carbocycles. The first-order chi connectivity index (χ1) is 14.1. The number of fused-ring (bicyclic) bond motifs is 2. The van der Waals surface area contributed by atoms with Gasteiger partial charge in [-0.2, -0.15) is 0 Å². The third kappa shape index (κ3) is 3.61. The Bertz CT molecular complexity index is 933. The van der Waals surface area contributed by atoms with Crippen molar-refractivity contribution in [3.8, 4) is 11.5 Å². The first kappa shape index (κ1) is 18.8. The van der Waals surface area contributed by atoms with Crippen molar-refractivity contribution in [1.82, 2.24) is 15.5 Å². The van der Waals surface area contributed by atoms with Gasteiger partial charge in [-0.3, -0.25) is 14.5 Å². The molecule has 29 heavy (non-hydrogen) atoms. The monoisotopic (exact) mass is 395 g/mol. The van der Waals surface area contributed by atoms with Crippen molar-refractivity contribution in [3.63, 3.8) is 0 Å². The zero-order valence-electron chi connectivity index (χ0n) is 15.7. The number of para-hydroxylation sites is 2. The van der Waals surface area contributed by atoms with Gasteiger partial charge in [0.1, 0.15) is 24.7 Å². The third-order valence-electron chi connectivity index (χ3n) is 5.00. The molecular weight excluding hydrogens is 374 g/mol. The maximum absolute atomic E-state index is 13.1. The fourth-order valence-electron chi connectivity index (χ4n) is 3.59. The highest BCUT2D eigenvalue weighted by atomic mass is 16.5. The van der Waals surface area contributed by atoms with Crippen LogP contribution in [0.3, 0.4) is 0 Å². The highest BCUT2D eigenvalue weighted by Gasteiger charge is 2.55. The lowest BCUT2D eigenvalue weighted by atomic mass is 9.84. The number of carbonyl (C=O) groups excluding carboxylic acids is 3. The number of ether oxygens (including phenoxy) is 2. The minimum atomic E-state index is -1.18. The first-order valence-corrected chi connectivity index (χ1v) is 9.41. The lowest BCUT2D eigenvalue weighted by Crippen LogP contribution is -2.48. The number of nitrogens with one attached hydrogen (secondary N) is 2. The molecule has 2 aromatic carbocycles. The van der Waals surface area contributed by atoms with E-state index in [0.29, 0.717) is 30.1 Å². The van der Waals surface area contributed by atoms with Crippen molar-refractivity contribution in [2.75, 3.05) is 26.3 Å². The minimum Gasteiger partial charge on any atom is -0.493 e. The topological polar surface area (TPSA) is 97.0 Å². The molecule has 1 saturated heterocycles. The van der Waals surface area contributed by atoms with Crippen molar-refractivity contribution in [1.29, 1.82) is 0 Å². The number of hydrogen-bond donors (Lipinski definition) is 2. The zero-order chi connectivity index (χ0) is 20.3. The number of nitrogens with zero attached hydrogens (tertiary/aromatic N) is 1. The van der Waals surface area contributed by atoms with E-state index in [2.05, 4.69) is 10.6 Å². The summed E-state index contributed by atoms with van der Waals surface area (Å²) in [5.74, 6) is 0.407. The van der Waals surface area contributed by atoms with Crippen molar-refractivity contribution >= 4 is 17.8 Å². The van der Waals surface area contributed by atoms with E-state index in [9.17, 15) is 14.4 Å². The lowest BCUT2D eigenvalue weighted by Gasteiger charge is -2.33. The van der Waals surface area contributed by atoms with Gasteiger partial charge in [0.15, 0.2) is 5.54 Å². The van der Waals surface area contributed by atoms with E-state index in [4.69, 9.17) is 9.47 Å². The Kier molecular flexibility index (Phi) is 5.07. The minimum absolute atomic E-state index is 0.263. The number of hydrogen-bond acceptors (Lipinski definition) is 5. The van der Waals surface area contributed by atoms with Crippen LogP contribution in [0.2, 0.25) is 0 Å². The Balaban J connectivity index is 1.36. The number of carbonyl (C=O) groups is 3. The number of amides is 4. The second kappa shape index (κ2) is 7.83. The average molecular weight is 395 g/mol. The van der Waals surface area contributed by atoms with Gasteiger partial charge in [0.2, 0.25) is 5.91 Å². The van der Waals surface area contributed by atoms with Crippen molar-refractivity contribution < 1.29 is 23.9 Å². The Morgan fingerprint density at radius 1 is 1.14 bits per heavy atom. The number of urea groups is 1. The van der Waals surface area contributed by atoms with E-state index in [-0.39, 0.29) is 19.7 Å². The highest BCUT2D eigenvalue weighted by molar-refractivity contribution is 6.09. The average Bonchev–Trinajstić information content (AvgIpc) is 2.97. The maximum Gasteiger partial charge on any atom is 0.325 e. The van der Waals surface area contributed by atoms with Gasteiger partial charge in [-0.25, -0.2) is 4.79 Å². The molecule has 2 aromatic rings. The molecule has 150 valence electrons. The van der Waals surface area contributed by atoms with Crippen LogP contribution in [0.25, 0.3) is 0 Å². The van der Waals surface area contributed by atoms with E-state index in [1.54, 1.807) is 18.2 Å². The molecular formula is C21H21N3O5. The molecule has 0 unspecified atom stereocenters. The summed E-state index contributed by atoms with van der Waals surface area (Å²) in [5, 5.41) is 5.44. The smallest absolute Gasteiger partial charge is 0.325 e. The fraction of sp³-hybridized carbons (Fsp3) is 0.286. The summed E-state index contributed by atoms with van der Waals surface area (Å²) < 4.78 is 11.1. The van der Waals surface area contributed by atoms with Gasteiger partial charge in [-0.15, -0.1) is 0 Å². The molecule has 0 aromatic heterocycles. The summed E-state index contributed by atoms with van der Waals surface area (Å²) in [6.07, 6.45) is 0.317. The van der Waals surface area contributed by atoms with E-state index in [1.165, 1.54) is 0 Å². The summed E-state index contributed by atoms with van der Waals surface area (Å²) in [7, 11) is 0. The third-order valence-corrected chi connectivity index (χ3v) is 5.00. The maximum atomic E-state index is 13.1. The van der Waals surface area contributed by atoms with Gasteiger partial charge >= 0.3 is 6.03 Å². The summed E-state index contributed by atoms with van der Waals surface area (Å²) in [6.45, 7) is 0.504. The Morgan fingerprint density at radius 3 is 2.72 bits per heavy atom. The molecule has 2 N–H and O–H groups in total. The summed E-state index contributed by atoms with van der Waals surface area (Å²) in [5.41, 5.74) is -0.563. The number of imide groups is 1. The lowest BCUT2D eigenvalue weighted by molar-refractivity contribution is -0.136. The van der Waals surface area contributed by atoms with Crippen LogP contribution in [0.15, 0.2) is 54.6 Å². The largest absolute Gasteiger partial charge is 0.493 e. The van der Waals surface area contributed by atoms with Gasteiger partial charge in [0, 0.05) is 12.0 Å². The van der Waals surface area contributed by atoms with E-state index in [0.717, 1.165) is 4.90 Å². The molecule has 2 heterocycles. The molecule has 8 nitrogen and oxygen atoms in total. The van der Waals surface area contributed by atoms with Crippen LogP contribution in [-0.4, -0.2) is 49.0 Å². The molecule has 2 aliphatic heterocycles. The van der Waals surface area contributed by atoms with E-state index in [1.807, 2.05) is 36.4 Å². The molecule has 2 aliphatic rings. The standard InChI is InChI=1S/C21H21N3O5/c25-18(22-11-13-28-15-6-2-1-3-7-15)14-24-19(26)21(23-20(24)27)10-12-29-17-9-5-4-8-16(17)21/h1-9H,10-14H2,(H,22,25)(H,23,27)/t21-/m1/s1. The summed E-state index contributed by atoms with van der Waals surface area (Å²) in [6, 6.07) is 15.8.